The predicted octanol–water partition coefficient (Wildman–Crippen LogP) is 2.64. The van der Waals surface area contributed by atoms with E-state index >= 15 is 0 Å². The zero-order chi connectivity index (χ0) is 29.4. The van der Waals surface area contributed by atoms with Crippen molar-refractivity contribution < 1.29 is 46.0 Å². The van der Waals surface area contributed by atoms with Gasteiger partial charge in [-0.15, -0.1) is 0 Å². The monoisotopic (exact) mass is 783 g/mol. The number of allylic oxidation sites excluding steroid dienone is 2. The van der Waals surface area contributed by atoms with Gasteiger partial charge in [-0.3, -0.25) is 0 Å². The van der Waals surface area contributed by atoms with Gasteiger partial charge in [-0.05, 0) is 41.1 Å². The number of nitrogens with zero attached hydrogens (tertiary/aromatic N) is 2. The van der Waals surface area contributed by atoms with E-state index in [9.17, 15) is 15.3 Å². The number of aliphatic imine (C=N–C) groups is 2. The van der Waals surface area contributed by atoms with E-state index in [4.69, 9.17) is 9.47 Å². The second-order valence-electron chi connectivity index (χ2n) is 10.1. The number of phenolic OH excluding ortho intramolecular Hbond substituents is 2. The van der Waals surface area contributed by atoms with E-state index in [-0.39, 0.29) is 50.8 Å². The summed E-state index contributed by atoms with van der Waals surface area (Å²) in [5.41, 5.74) is 3.87. The molecule has 0 saturated carbocycles. The van der Waals surface area contributed by atoms with Crippen LogP contribution < -0.4 is 21.2 Å². The van der Waals surface area contributed by atoms with Gasteiger partial charge in [0.05, 0.1) is 0 Å². The van der Waals surface area contributed by atoms with Gasteiger partial charge < -0.3 is 5.11 Å². The van der Waals surface area contributed by atoms with E-state index in [2.05, 4.69) is 44.7 Å². The zero-order valence-corrected chi connectivity index (χ0v) is 27.8. The number of aryl methyl sites for hydroxylation is 2. The van der Waals surface area contributed by atoms with Crippen molar-refractivity contribution >= 4 is 35.0 Å². The number of hydrogen-bond donors (Lipinski definition) is 3. The molecule has 3 N–H and O–H groups in total. The van der Waals surface area contributed by atoms with Crippen LogP contribution in [-0.2, 0) is 9.47 Å². The third kappa shape index (κ3) is 9.21. The van der Waals surface area contributed by atoms with Crippen molar-refractivity contribution in [1.82, 2.24) is 0 Å². The fourth-order valence-corrected chi connectivity index (χ4v) is 7.73. The molecule has 2 aromatic rings. The Morgan fingerprint density at radius 1 is 1.02 bits per heavy atom. The van der Waals surface area contributed by atoms with Gasteiger partial charge in [-0.1, -0.05) is 0 Å². The molecule has 2 aromatic carbocycles. The number of phenols is 2. The summed E-state index contributed by atoms with van der Waals surface area (Å²) in [4.78, 5) is 9.17. The van der Waals surface area contributed by atoms with Gasteiger partial charge in [-0.25, -0.2) is 0 Å². The SMILES string of the molecule is COC1C=CC(N=Cc2cc([I-]CCOC(O)C3C=CC(N=Cc4cc(I)cc(C)c4O)=CC3)cc(C)c2O)CC1. The molecular weight excluding hydrogens is 746 g/mol. The van der Waals surface area contributed by atoms with Crippen molar-refractivity contribution in [2.45, 2.75) is 51.5 Å². The van der Waals surface area contributed by atoms with Gasteiger partial charge in [0.1, 0.15) is 0 Å². The van der Waals surface area contributed by atoms with Crippen molar-refractivity contribution in [2.24, 2.45) is 15.9 Å². The average molecular weight is 783 g/mol. The first-order valence-electron chi connectivity index (χ1n) is 13.6. The Hall–Kier alpha value is -2.06. The number of hydrogen-bond acceptors (Lipinski definition) is 7. The molecular formula is C32H37I2N2O5-. The van der Waals surface area contributed by atoms with E-state index in [0.29, 0.717) is 18.6 Å². The van der Waals surface area contributed by atoms with Crippen LogP contribution in [0, 0.1) is 26.9 Å². The number of rotatable bonds is 11. The van der Waals surface area contributed by atoms with Crippen molar-refractivity contribution in [1.29, 1.82) is 0 Å². The standard InChI is InChI=1S/C32H37I2N2O5/c1-20-14-25(33)16-23(30(20)37)18-35-27-6-4-22(5-7-27)32(39)41-13-12-34-26-15-21(2)31(38)24(17-26)19-36-28-8-10-29(40-3)11-9-28/h4,6-8,10,14-19,22,28-29,32,37-39H,5,9,11-13H2,1-3H3/q-1. The number of aliphatic hydroxyl groups is 1. The van der Waals surface area contributed by atoms with Crippen LogP contribution in [0.1, 0.15) is 41.5 Å². The Balaban J connectivity index is 1.24. The first-order chi connectivity index (χ1) is 19.7. The Labute approximate surface area is 266 Å². The minimum absolute atomic E-state index is 0.103. The molecule has 0 bridgehead atoms. The van der Waals surface area contributed by atoms with Gasteiger partial charge in [0.2, 0.25) is 0 Å². The third-order valence-electron chi connectivity index (χ3n) is 7.04. The number of aromatic hydroxyl groups is 2. The van der Waals surface area contributed by atoms with E-state index in [1.54, 1.807) is 19.5 Å². The van der Waals surface area contributed by atoms with Crippen LogP contribution in [0.25, 0.3) is 0 Å². The van der Waals surface area contributed by atoms with Crippen LogP contribution in [-0.4, -0.2) is 64.3 Å². The molecule has 0 heterocycles. The van der Waals surface area contributed by atoms with Gasteiger partial charge in [0, 0.05) is 3.57 Å². The summed E-state index contributed by atoms with van der Waals surface area (Å²) >= 11 is 1.87. The Morgan fingerprint density at radius 3 is 2.46 bits per heavy atom. The van der Waals surface area contributed by atoms with E-state index in [0.717, 1.165) is 43.2 Å². The maximum absolute atomic E-state index is 10.6. The average Bonchev–Trinajstić information content (AvgIpc) is 2.97. The minimum atomic E-state index is -0.884. The maximum atomic E-state index is 10.6. The van der Waals surface area contributed by atoms with Crippen LogP contribution in [0.2, 0.25) is 0 Å². The number of ether oxygens (including phenoxy) is 2. The quantitative estimate of drug-likeness (QED) is 0.0814. The summed E-state index contributed by atoms with van der Waals surface area (Å²) < 4.78 is 14.2. The summed E-state index contributed by atoms with van der Waals surface area (Å²) in [5.74, 6) is 0.380. The number of alkyl halides is 1. The number of methoxy groups -OCH3 is 1. The van der Waals surface area contributed by atoms with Crippen molar-refractivity contribution in [2.75, 3.05) is 18.1 Å². The Kier molecular flexibility index (Phi) is 12.0. The molecule has 4 atom stereocenters. The molecule has 7 nitrogen and oxygen atoms in total. The molecule has 41 heavy (non-hydrogen) atoms. The predicted molar refractivity (Wildman–Crippen MR) is 167 cm³/mol. The number of aliphatic hydroxyl groups excluding tert-OH is 1. The molecule has 0 saturated heterocycles. The van der Waals surface area contributed by atoms with Crippen LogP contribution in [0.4, 0.5) is 0 Å². The van der Waals surface area contributed by atoms with Crippen LogP contribution in [0.3, 0.4) is 0 Å². The summed E-state index contributed by atoms with van der Waals surface area (Å²) in [6, 6.07) is 7.98. The fourth-order valence-electron chi connectivity index (χ4n) is 4.59. The first-order valence-corrected chi connectivity index (χ1v) is 17.3. The normalized spacial score (nSPS) is 21.7. The van der Waals surface area contributed by atoms with Crippen LogP contribution in [0.5, 0.6) is 11.5 Å². The second kappa shape index (κ2) is 15.4. The molecule has 9 heteroatoms. The number of benzene rings is 2. The third-order valence-corrected chi connectivity index (χ3v) is 10.1. The van der Waals surface area contributed by atoms with Gasteiger partial charge in [0.15, 0.2) is 0 Å². The van der Waals surface area contributed by atoms with E-state index in [1.165, 1.54) is 3.57 Å². The van der Waals surface area contributed by atoms with Gasteiger partial charge >= 0.3 is 218 Å². The van der Waals surface area contributed by atoms with Crippen molar-refractivity contribution in [3.05, 3.63) is 89.7 Å². The Morgan fingerprint density at radius 2 is 1.78 bits per heavy atom. The van der Waals surface area contributed by atoms with Crippen LogP contribution in [0.15, 0.2) is 70.3 Å². The first kappa shape index (κ1) is 31.9. The van der Waals surface area contributed by atoms with E-state index in [1.807, 2.05) is 56.3 Å². The molecule has 2 aliphatic carbocycles. The van der Waals surface area contributed by atoms with Crippen molar-refractivity contribution in [3.63, 3.8) is 0 Å². The summed E-state index contributed by atoms with van der Waals surface area (Å²) in [6.07, 6.45) is 15.1. The molecule has 0 aliphatic heterocycles. The van der Waals surface area contributed by atoms with Crippen molar-refractivity contribution in [3.8, 4) is 11.5 Å². The fraction of sp³-hybridized carbons (Fsp3) is 0.375. The molecule has 220 valence electrons. The molecule has 0 aromatic heterocycles. The molecule has 0 spiro atoms. The van der Waals surface area contributed by atoms with Crippen LogP contribution >= 0.6 is 22.6 Å². The summed E-state index contributed by atoms with van der Waals surface area (Å²) in [7, 11) is 1.72. The van der Waals surface area contributed by atoms with E-state index < -0.39 is 6.29 Å². The topological polar surface area (TPSA) is 104 Å². The Bertz CT molecular complexity index is 1370. The summed E-state index contributed by atoms with van der Waals surface area (Å²) in [6.45, 7) is 4.25. The molecule has 0 fully saturated rings. The van der Waals surface area contributed by atoms with Gasteiger partial charge in [-0.2, -0.15) is 0 Å². The molecule has 2 aliphatic rings. The summed E-state index contributed by atoms with van der Waals surface area (Å²) in [5, 5.41) is 31.4. The second-order valence-corrected chi connectivity index (χ2v) is 14.5. The molecule has 0 radical (unpaired) electrons. The molecule has 0 amide bonds. The molecule has 4 rings (SSSR count). The zero-order valence-electron chi connectivity index (χ0n) is 23.5. The number of halogens is 2. The molecule has 4 unspecified atom stereocenters. The van der Waals surface area contributed by atoms with Gasteiger partial charge in [0.25, 0.3) is 0 Å².